The molecule has 1 amide bonds. The van der Waals surface area contributed by atoms with E-state index in [1.165, 1.54) is 5.56 Å². The molecule has 1 atom stereocenters. The molecule has 110 valence electrons. The zero-order valence-corrected chi connectivity index (χ0v) is 12.4. The maximum absolute atomic E-state index is 12.4. The molecule has 0 saturated carbocycles. The Hall–Kier alpha value is -1.39. The molecule has 4 nitrogen and oxygen atoms in total. The molecule has 0 aliphatic carbocycles. The molecule has 1 aromatic rings. The van der Waals surface area contributed by atoms with Crippen molar-refractivity contribution in [2.24, 2.45) is 0 Å². The second-order valence-electron chi connectivity index (χ2n) is 6.25. The van der Waals surface area contributed by atoms with Crippen LogP contribution in [0.4, 0.5) is 0 Å². The third-order valence-electron chi connectivity index (χ3n) is 3.63. The van der Waals surface area contributed by atoms with Crippen molar-refractivity contribution in [2.45, 2.75) is 32.3 Å². The number of morpholine rings is 1. The largest absolute Gasteiger partial charge is 0.394 e. The van der Waals surface area contributed by atoms with Crippen LogP contribution in [0.25, 0.3) is 0 Å². The first kappa shape index (κ1) is 15.0. The Bertz CT molecular complexity index is 462. The molecule has 4 heteroatoms. The summed E-state index contributed by atoms with van der Waals surface area (Å²) in [5.41, 5.74) is 1.99. The molecular formula is C16H23NO3. The van der Waals surface area contributed by atoms with Gasteiger partial charge in [-0.3, -0.25) is 4.79 Å². The Labute approximate surface area is 120 Å². The number of rotatable bonds is 2. The first-order chi connectivity index (χ1) is 9.41. The van der Waals surface area contributed by atoms with Crippen LogP contribution in [-0.4, -0.2) is 48.3 Å². The van der Waals surface area contributed by atoms with E-state index in [0.29, 0.717) is 25.3 Å². The normalized spacial score (nSPS) is 20.0. The predicted octanol–water partition coefficient (Wildman–Crippen LogP) is 1.82. The highest BCUT2D eigenvalue weighted by Crippen LogP contribution is 2.22. The van der Waals surface area contributed by atoms with Crippen molar-refractivity contribution in [1.82, 2.24) is 4.90 Å². The van der Waals surface area contributed by atoms with E-state index in [1.807, 2.05) is 24.3 Å². The quantitative estimate of drug-likeness (QED) is 0.897. The van der Waals surface area contributed by atoms with Crippen molar-refractivity contribution in [3.05, 3.63) is 35.4 Å². The molecule has 1 aliphatic rings. The highest BCUT2D eigenvalue weighted by molar-refractivity contribution is 5.94. The van der Waals surface area contributed by atoms with E-state index < -0.39 is 0 Å². The number of nitrogens with zero attached hydrogens (tertiary/aromatic N) is 1. The second-order valence-corrected chi connectivity index (χ2v) is 6.25. The lowest BCUT2D eigenvalue weighted by Crippen LogP contribution is -2.46. The van der Waals surface area contributed by atoms with Crippen LogP contribution in [0.15, 0.2) is 24.3 Å². The van der Waals surface area contributed by atoms with Crippen molar-refractivity contribution in [3.8, 4) is 0 Å². The Morgan fingerprint density at radius 3 is 2.55 bits per heavy atom. The molecule has 1 unspecified atom stereocenters. The lowest BCUT2D eigenvalue weighted by molar-refractivity contribution is -0.0447. The van der Waals surface area contributed by atoms with Crippen LogP contribution >= 0.6 is 0 Å². The molecule has 1 fully saturated rings. The second kappa shape index (κ2) is 5.94. The van der Waals surface area contributed by atoms with Crippen molar-refractivity contribution in [2.75, 3.05) is 26.3 Å². The van der Waals surface area contributed by atoms with E-state index in [4.69, 9.17) is 9.84 Å². The van der Waals surface area contributed by atoms with Gasteiger partial charge in [-0.15, -0.1) is 0 Å². The molecule has 1 N–H and O–H groups in total. The maximum atomic E-state index is 12.4. The van der Waals surface area contributed by atoms with Gasteiger partial charge in [0.2, 0.25) is 0 Å². The third-order valence-corrected chi connectivity index (χ3v) is 3.63. The molecule has 1 aromatic carbocycles. The van der Waals surface area contributed by atoms with Crippen LogP contribution in [0.5, 0.6) is 0 Å². The number of amides is 1. The standard InChI is InChI=1S/C16H23NO3/c1-16(2,3)13-6-4-12(5-7-13)15(19)17-8-9-20-14(10-17)11-18/h4-7,14,18H,8-11H2,1-3H3. The average molecular weight is 277 g/mol. The third kappa shape index (κ3) is 3.38. The Kier molecular flexibility index (Phi) is 4.45. The van der Waals surface area contributed by atoms with E-state index >= 15 is 0 Å². The number of ether oxygens (including phenoxy) is 1. The number of carbonyl (C=O) groups is 1. The van der Waals surface area contributed by atoms with Gasteiger partial charge in [0, 0.05) is 18.7 Å². The van der Waals surface area contributed by atoms with Gasteiger partial charge in [-0.1, -0.05) is 32.9 Å². The van der Waals surface area contributed by atoms with Crippen LogP contribution in [0.1, 0.15) is 36.7 Å². The average Bonchev–Trinajstić information content (AvgIpc) is 2.46. The van der Waals surface area contributed by atoms with Gasteiger partial charge in [0.25, 0.3) is 5.91 Å². The summed E-state index contributed by atoms with van der Waals surface area (Å²) in [5.74, 6) is 0.00668. The van der Waals surface area contributed by atoms with Crippen molar-refractivity contribution in [3.63, 3.8) is 0 Å². The Morgan fingerprint density at radius 2 is 2.00 bits per heavy atom. The zero-order chi connectivity index (χ0) is 14.8. The summed E-state index contributed by atoms with van der Waals surface area (Å²) >= 11 is 0. The fourth-order valence-electron chi connectivity index (χ4n) is 2.31. The lowest BCUT2D eigenvalue weighted by Gasteiger charge is -2.32. The number of aliphatic hydroxyl groups is 1. The van der Waals surface area contributed by atoms with Gasteiger partial charge in [0.1, 0.15) is 0 Å². The summed E-state index contributed by atoms with van der Waals surface area (Å²) in [4.78, 5) is 14.2. The smallest absolute Gasteiger partial charge is 0.254 e. The summed E-state index contributed by atoms with van der Waals surface area (Å²) in [5, 5.41) is 9.12. The van der Waals surface area contributed by atoms with Gasteiger partial charge in [0.05, 0.1) is 19.3 Å². The van der Waals surface area contributed by atoms with Crippen LogP contribution in [0.3, 0.4) is 0 Å². The molecule has 1 saturated heterocycles. The minimum atomic E-state index is -0.262. The Balaban J connectivity index is 2.09. The summed E-state index contributed by atoms with van der Waals surface area (Å²) < 4.78 is 5.36. The minimum Gasteiger partial charge on any atom is -0.394 e. The van der Waals surface area contributed by atoms with Crippen LogP contribution in [0, 0.1) is 0 Å². The first-order valence-corrected chi connectivity index (χ1v) is 7.04. The number of hydrogen-bond acceptors (Lipinski definition) is 3. The molecule has 0 aromatic heterocycles. The van der Waals surface area contributed by atoms with Crippen molar-refractivity contribution >= 4 is 5.91 Å². The SMILES string of the molecule is CC(C)(C)c1ccc(C(=O)N2CCOC(CO)C2)cc1. The summed E-state index contributed by atoms with van der Waals surface area (Å²) in [7, 11) is 0. The zero-order valence-electron chi connectivity index (χ0n) is 12.4. The van der Waals surface area contributed by atoms with Crippen LogP contribution in [0.2, 0.25) is 0 Å². The van der Waals surface area contributed by atoms with Gasteiger partial charge in [-0.25, -0.2) is 0 Å². The van der Waals surface area contributed by atoms with Crippen LogP contribution in [-0.2, 0) is 10.2 Å². The fourth-order valence-corrected chi connectivity index (χ4v) is 2.31. The molecule has 0 bridgehead atoms. The fraction of sp³-hybridized carbons (Fsp3) is 0.562. The number of aliphatic hydroxyl groups excluding tert-OH is 1. The van der Waals surface area contributed by atoms with Crippen LogP contribution < -0.4 is 0 Å². The minimum absolute atomic E-state index is 0.00668. The highest BCUT2D eigenvalue weighted by atomic mass is 16.5. The molecule has 0 spiro atoms. The molecular weight excluding hydrogens is 254 g/mol. The molecule has 2 rings (SSSR count). The summed E-state index contributed by atoms with van der Waals surface area (Å²) in [6.45, 7) is 7.92. The van der Waals surface area contributed by atoms with Gasteiger partial charge in [0.15, 0.2) is 0 Å². The monoisotopic (exact) mass is 277 g/mol. The Morgan fingerprint density at radius 1 is 1.35 bits per heavy atom. The van der Waals surface area contributed by atoms with Gasteiger partial charge < -0.3 is 14.7 Å². The number of benzene rings is 1. The topological polar surface area (TPSA) is 49.8 Å². The lowest BCUT2D eigenvalue weighted by atomic mass is 9.86. The summed E-state index contributed by atoms with van der Waals surface area (Å²) in [6, 6.07) is 7.78. The number of carbonyl (C=O) groups excluding carboxylic acids is 1. The highest BCUT2D eigenvalue weighted by Gasteiger charge is 2.24. The first-order valence-electron chi connectivity index (χ1n) is 7.04. The van der Waals surface area contributed by atoms with Gasteiger partial charge >= 0.3 is 0 Å². The van der Waals surface area contributed by atoms with Crippen molar-refractivity contribution < 1.29 is 14.6 Å². The van der Waals surface area contributed by atoms with E-state index in [2.05, 4.69) is 20.8 Å². The van der Waals surface area contributed by atoms with E-state index in [-0.39, 0.29) is 24.0 Å². The summed E-state index contributed by atoms with van der Waals surface area (Å²) in [6.07, 6.45) is -0.262. The predicted molar refractivity (Wildman–Crippen MR) is 77.9 cm³/mol. The molecule has 20 heavy (non-hydrogen) atoms. The van der Waals surface area contributed by atoms with E-state index in [9.17, 15) is 4.79 Å². The van der Waals surface area contributed by atoms with Gasteiger partial charge in [-0.2, -0.15) is 0 Å². The maximum Gasteiger partial charge on any atom is 0.254 e. The molecule has 0 radical (unpaired) electrons. The van der Waals surface area contributed by atoms with E-state index in [1.54, 1.807) is 4.90 Å². The molecule has 1 heterocycles. The van der Waals surface area contributed by atoms with Crippen molar-refractivity contribution in [1.29, 1.82) is 0 Å². The molecule has 1 aliphatic heterocycles. The van der Waals surface area contributed by atoms with E-state index in [0.717, 1.165) is 0 Å². The van der Waals surface area contributed by atoms with Gasteiger partial charge in [-0.05, 0) is 23.1 Å². The number of hydrogen-bond donors (Lipinski definition) is 1.